The summed E-state index contributed by atoms with van der Waals surface area (Å²) in [6.07, 6.45) is 2.87. The first-order valence-electron chi connectivity index (χ1n) is 10.4. The van der Waals surface area contributed by atoms with Gasteiger partial charge in [0.25, 0.3) is 13.3 Å². The molecule has 0 spiro atoms. The lowest BCUT2D eigenvalue weighted by atomic mass is 10.2. The summed E-state index contributed by atoms with van der Waals surface area (Å²) in [5, 5.41) is 12.3. The fourth-order valence-electron chi connectivity index (χ4n) is 4.00. The van der Waals surface area contributed by atoms with Gasteiger partial charge in [-0.3, -0.25) is 14.6 Å². The van der Waals surface area contributed by atoms with Gasteiger partial charge >= 0.3 is 0 Å². The van der Waals surface area contributed by atoms with E-state index >= 15 is 4.39 Å². The molecule has 0 bridgehead atoms. The first-order chi connectivity index (χ1) is 16.1. The molecule has 10 heteroatoms. The van der Waals surface area contributed by atoms with E-state index in [1.54, 1.807) is 24.3 Å². The first kappa shape index (κ1) is 24.0. The van der Waals surface area contributed by atoms with Gasteiger partial charge in [-0.1, -0.05) is 28.8 Å². The summed E-state index contributed by atoms with van der Waals surface area (Å²) < 4.78 is 36.1. The average molecular weight is 503 g/mol. The van der Waals surface area contributed by atoms with Crippen LogP contribution in [0.4, 0.5) is 4.39 Å². The predicted octanol–water partition coefficient (Wildman–Crippen LogP) is 3.91. The zero-order valence-electron chi connectivity index (χ0n) is 18.7. The summed E-state index contributed by atoms with van der Waals surface area (Å²) in [6, 6.07) is 11.5. The SMILES string of the molecule is COP(=O)(c1cc(C)cc(C)c1)c1c(C(=O)NCc2ccc[n+](O)c2)[nH]c2ccc(Cl)c(F)c12. The summed E-state index contributed by atoms with van der Waals surface area (Å²) in [5.74, 6) is -1.41. The summed E-state index contributed by atoms with van der Waals surface area (Å²) in [7, 11) is -2.66. The molecule has 4 aromatic rings. The van der Waals surface area contributed by atoms with E-state index in [1.165, 1.54) is 31.6 Å². The van der Waals surface area contributed by atoms with Crippen LogP contribution in [-0.2, 0) is 15.6 Å². The van der Waals surface area contributed by atoms with Crippen LogP contribution in [-0.4, -0.2) is 23.2 Å². The zero-order chi connectivity index (χ0) is 24.6. The van der Waals surface area contributed by atoms with Gasteiger partial charge in [-0.15, -0.1) is 0 Å². The van der Waals surface area contributed by atoms with E-state index < -0.39 is 19.1 Å². The second-order valence-corrected chi connectivity index (χ2v) is 10.8. The largest absolute Gasteiger partial charge is 0.350 e. The standard InChI is InChI=1S/C24H22ClFN3O4P/c1-14-9-15(2)11-17(10-14)34(32,33-3)23-20-19(7-6-18(25)21(20)26)28-22(23)24(30)27-12-16-5-4-8-29(31)13-16/h4-11,13H,12H2,1-3H3,(H2-,27,28,30,31,32)/p+1. The molecular weight excluding hydrogens is 480 g/mol. The molecule has 1 amide bonds. The van der Waals surface area contributed by atoms with E-state index in [9.17, 15) is 14.6 Å². The van der Waals surface area contributed by atoms with Crippen molar-refractivity contribution in [2.24, 2.45) is 0 Å². The Labute approximate surface area is 200 Å². The van der Waals surface area contributed by atoms with Crippen molar-refractivity contribution in [3.05, 3.63) is 88.1 Å². The Morgan fingerprint density at radius 3 is 2.59 bits per heavy atom. The normalized spacial score (nSPS) is 13.1. The Hall–Kier alpha value is -3.19. The molecule has 176 valence electrons. The smallest absolute Gasteiger partial charge is 0.268 e. The number of nitrogens with one attached hydrogen (secondary N) is 2. The van der Waals surface area contributed by atoms with Crippen LogP contribution < -0.4 is 20.7 Å². The number of nitrogens with zero attached hydrogens (tertiary/aromatic N) is 1. The van der Waals surface area contributed by atoms with Gasteiger partial charge in [0.1, 0.15) is 5.69 Å². The van der Waals surface area contributed by atoms with Crippen molar-refractivity contribution >= 4 is 46.4 Å². The molecule has 2 heterocycles. The number of benzene rings is 2. The van der Waals surface area contributed by atoms with Crippen molar-refractivity contribution in [1.29, 1.82) is 0 Å². The van der Waals surface area contributed by atoms with Gasteiger partial charge in [0, 0.05) is 40.8 Å². The molecule has 4 rings (SSSR count). The fourth-order valence-corrected chi connectivity index (χ4v) is 6.52. The van der Waals surface area contributed by atoms with Gasteiger partial charge in [-0.25, -0.2) is 4.39 Å². The molecule has 2 aromatic carbocycles. The molecule has 0 radical (unpaired) electrons. The maximum Gasteiger partial charge on any atom is 0.268 e. The number of aryl methyl sites for hydroxylation is 2. The Bertz CT molecular complexity index is 1450. The number of aromatic amines is 1. The van der Waals surface area contributed by atoms with E-state index in [0.717, 1.165) is 15.9 Å². The van der Waals surface area contributed by atoms with Crippen molar-refractivity contribution in [3.8, 4) is 0 Å². The number of hydrogen-bond acceptors (Lipinski definition) is 4. The Morgan fingerprint density at radius 1 is 1.24 bits per heavy atom. The average Bonchev–Trinajstić information content (AvgIpc) is 3.20. The highest BCUT2D eigenvalue weighted by atomic mass is 35.5. The van der Waals surface area contributed by atoms with Crippen LogP contribution in [0.1, 0.15) is 27.2 Å². The van der Waals surface area contributed by atoms with Gasteiger partial charge in [-0.05, 0) is 44.2 Å². The fraction of sp³-hybridized carbons (Fsp3) is 0.167. The lowest BCUT2D eigenvalue weighted by Gasteiger charge is -2.19. The number of amides is 1. The number of aromatic nitrogens is 2. The van der Waals surface area contributed by atoms with Crippen LogP contribution in [0.25, 0.3) is 10.9 Å². The third kappa shape index (κ3) is 4.32. The monoisotopic (exact) mass is 502 g/mol. The Balaban J connectivity index is 1.90. The number of carbonyl (C=O) groups excluding carboxylic acids is 1. The quantitative estimate of drug-likeness (QED) is 0.212. The maximum absolute atomic E-state index is 15.3. The van der Waals surface area contributed by atoms with Crippen LogP contribution in [0.3, 0.4) is 0 Å². The minimum atomic E-state index is -3.93. The Kier molecular flexibility index (Phi) is 6.49. The van der Waals surface area contributed by atoms with Crippen molar-refractivity contribution in [1.82, 2.24) is 10.3 Å². The number of rotatable bonds is 6. The topological polar surface area (TPSA) is 95.3 Å². The molecule has 1 atom stereocenters. The second kappa shape index (κ2) is 9.22. The van der Waals surface area contributed by atoms with E-state index in [-0.39, 0.29) is 33.5 Å². The predicted molar refractivity (Wildman–Crippen MR) is 128 cm³/mol. The number of hydrogen-bond donors (Lipinski definition) is 3. The van der Waals surface area contributed by atoms with Crippen LogP contribution >= 0.6 is 19.0 Å². The highest BCUT2D eigenvalue weighted by molar-refractivity contribution is 7.75. The van der Waals surface area contributed by atoms with E-state index in [0.29, 0.717) is 10.9 Å². The molecule has 7 nitrogen and oxygen atoms in total. The minimum absolute atomic E-state index is 0.0603. The molecule has 0 aliphatic rings. The summed E-state index contributed by atoms with van der Waals surface area (Å²) in [5.41, 5.74) is 2.48. The third-order valence-corrected chi connectivity index (χ3v) is 8.23. The molecule has 0 fully saturated rings. The van der Waals surface area contributed by atoms with Gasteiger partial charge < -0.3 is 14.8 Å². The summed E-state index contributed by atoms with van der Waals surface area (Å²) in [6.45, 7) is 3.77. The maximum atomic E-state index is 15.3. The van der Waals surface area contributed by atoms with Gasteiger partial charge in [0.2, 0.25) is 12.4 Å². The highest BCUT2D eigenvalue weighted by Gasteiger charge is 2.37. The van der Waals surface area contributed by atoms with Gasteiger partial charge in [0.15, 0.2) is 5.82 Å². The van der Waals surface area contributed by atoms with Crippen molar-refractivity contribution in [2.75, 3.05) is 7.11 Å². The van der Waals surface area contributed by atoms with Crippen molar-refractivity contribution in [2.45, 2.75) is 20.4 Å². The number of H-pyrrole nitrogens is 1. The van der Waals surface area contributed by atoms with Crippen LogP contribution in [0.5, 0.6) is 0 Å². The van der Waals surface area contributed by atoms with Crippen molar-refractivity contribution in [3.63, 3.8) is 0 Å². The summed E-state index contributed by atoms with van der Waals surface area (Å²) >= 11 is 6.05. The molecule has 0 saturated heterocycles. The molecule has 2 aromatic heterocycles. The molecule has 0 saturated carbocycles. The van der Waals surface area contributed by atoms with E-state index in [2.05, 4.69) is 10.3 Å². The van der Waals surface area contributed by atoms with E-state index in [1.807, 2.05) is 19.9 Å². The molecule has 3 N–H and O–H groups in total. The first-order valence-corrected chi connectivity index (χ1v) is 12.4. The third-order valence-electron chi connectivity index (χ3n) is 5.45. The molecular formula is C24H23ClFN3O4P+. The van der Waals surface area contributed by atoms with Crippen LogP contribution in [0.2, 0.25) is 5.02 Å². The minimum Gasteiger partial charge on any atom is -0.350 e. The van der Waals surface area contributed by atoms with Gasteiger partial charge in [-0.2, -0.15) is 0 Å². The highest BCUT2D eigenvalue weighted by Crippen LogP contribution is 2.48. The van der Waals surface area contributed by atoms with Gasteiger partial charge in [0.05, 0.1) is 15.7 Å². The zero-order valence-corrected chi connectivity index (χ0v) is 20.4. The second-order valence-electron chi connectivity index (χ2n) is 7.99. The molecule has 34 heavy (non-hydrogen) atoms. The van der Waals surface area contributed by atoms with Crippen LogP contribution in [0, 0.1) is 19.7 Å². The van der Waals surface area contributed by atoms with E-state index in [4.69, 9.17) is 16.1 Å². The molecule has 0 aliphatic carbocycles. The summed E-state index contributed by atoms with van der Waals surface area (Å²) in [4.78, 5) is 16.2. The molecule has 0 aliphatic heterocycles. The van der Waals surface area contributed by atoms with Crippen LogP contribution in [0.15, 0.2) is 54.9 Å². The number of pyridine rings is 1. The number of fused-ring (bicyclic) bond motifs is 1. The number of carbonyl (C=O) groups is 1. The number of halogens is 2. The molecule has 1 unspecified atom stereocenters. The Morgan fingerprint density at radius 2 is 1.94 bits per heavy atom. The van der Waals surface area contributed by atoms with Crippen molar-refractivity contribution < 1.29 is 28.2 Å². The lowest BCUT2D eigenvalue weighted by Crippen LogP contribution is -2.32. The lowest BCUT2D eigenvalue weighted by molar-refractivity contribution is -0.905.